The molecule has 0 spiro atoms. The van der Waals surface area contributed by atoms with Crippen molar-refractivity contribution in [2.45, 2.75) is 12.5 Å². The number of carbonyl (C=O) groups excluding carboxylic acids is 1. The molecule has 1 aliphatic rings. The zero-order chi connectivity index (χ0) is 16.5. The molecule has 1 amide bonds. The number of fused-ring (bicyclic) bond motifs is 1. The second-order valence-corrected chi connectivity index (χ2v) is 6.44. The minimum atomic E-state index is -0.620. The summed E-state index contributed by atoms with van der Waals surface area (Å²) in [5.41, 5.74) is 2.56. The van der Waals surface area contributed by atoms with Crippen LogP contribution in [0.3, 0.4) is 0 Å². The van der Waals surface area contributed by atoms with Crippen molar-refractivity contribution in [3.8, 4) is 0 Å². The van der Waals surface area contributed by atoms with E-state index in [0.29, 0.717) is 11.6 Å². The van der Waals surface area contributed by atoms with Gasteiger partial charge < -0.3 is 4.84 Å². The van der Waals surface area contributed by atoms with Gasteiger partial charge in [0.05, 0.1) is 15.9 Å². The molecule has 0 saturated heterocycles. The third kappa shape index (κ3) is 2.63. The summed E-state index contributed by atoms with van der Waals surface area (Å²) in [6.07, 6.45) is 3.21. The quantitative estimate of drug-likeness (QED) is 0.736. The van der Waals surface area contributed by atoms with Crippen LogP contribution in [0.25, 0.3) is 10.2 Å². The lowest BCUT2D eigenvalue weighted by molar-refractivity contribution is -0.128. The maximum Gasteiger partial charge on any atom is 0.272 e. The summed E-state index contributed by atoms with van der Waals surface area (Å²) in [5.74, 6) is -0.151. The molecule has 0 fully saturated rings. The third-order valence-corrected chi connectivity index (χ3v) is 4.97. The van der Waals surface area contributed by atoms with Crippen LogP contribution >= 0.6 is 11.3 Å². The van der Waals surface area contributed by atoms with E-state index >= 15 is 0 Å². The fourth-order valence-corrected chi connectivity index (χ4v) is 3.47. The van der Waals surface area contributed by atoms with Crippen LogP contribution in [0.5, 0.6) is 0 Å². The molecule has 1 unspecified atom stereocenters. The van der Waals surface area contributed by atoms with E-state index in [2.05, 4.69) is 15.1 Å². The number of rotatable bonds is 3. The van der Waals surface area contributed by atoms with Crippen LogP contribution in [-0.2, 0) is 9.63 Å². The number of carbonyl (C=O) groups is 1. The van der Waals surface area contributed by atoms with Crippen molar-refractivity contribution >= 4 is 38.3 Å². The highest BCUT2D eigenvalue weighted by Gasteiger charge is 2.32. The average molecular weight is 338 g/mol. The monoisotopic (exact) mass is 338 g/mol. The molecule has 7 heteroatoms. The van der Waals surface area contributed by atoms with E-state index in [9.17, 15) is 4.79 Å². The molecule has 0 radical (unpaired) electrons. The molecule has 2 aromatic heterocycles. The van der Waals surface area contributed by atoms with Gasteiger partial charge in [0.2, 0.25) is 6.10 Å². The molecule has 4 rings (SSSR count). The topological polar surface area (TPSA) is 67.7 Å². The zero-order valence-corrected chi connectivity index (χ0v) is 13.7. The SMILES string of the molecule is CN(C(=O)C1CC(c2ccncc2)=NO1)c1nc2ccccc2s1. The predicted molar refractivity (Wildman–Crippen MR) is 93.3 cm³/mol. The molecule has 0 bridgehead atoms. The second kappa shape index (κ2) is 6.01. The minimum Gasteiger partial charge on any atom is -0.382 e. The summed E-state index contributed by atoms with van der Waals surface area (Å²) in [6.45, 7) is 0. The Morgan fingerprint density at radius 3 is 2.83 bits per heavy atom. The summed E-state index contributed by atoms with van der Waals surface area (Å²) in [7, 11) is 1.72. The molecule has 0 saturated carbocycles. The van der Waals surface area contributed by atoms with E-state index in [-0.39, 0.29) is 5.91 Å². The summed E-state index contributed by atoms with van der Waals surface area (Å²) in [5, 5.41) is 4.71. The van der Waals surface area contributed by atoms with Crippen LogP contribution < -0.4 is 4.90 Å². The van der Waals surface area contributed by atoms with Crippen LogP contribution in [0.15, 0.2) is 53.9 Å². The Bertz CT molecular complexity index is 889. The molecule has 1 aromatic carbocycles. The van der Waals surface area contributed by atoms with Gasteiger partial charge in [-0.15, -0.1) is 0 Å². The van der Waals surface area contributed by atoms with Crippen molar-refractivity contribution in [2.75, 3.05) is 11.9 Å². The maximum absolute atomic E-state index is 12.7. The molecule has 3 heterocycles. The molecule has 0 aliphatic carbocycles. The molecule has 120 valence electrons. The first-order chi connectivity index (χ1) is 11.7. The Hall–Kier alpha value is -2.80. The Balaban J connectivity index is 1.50. The number of thiazole rings is 1. The number of amides is 1. The number of benzene rings is 1. The number of aromatic nitrogens is 2. The van der Waals surface area contributed by atoms with Gasteiger partial charge in [-0.05, 0) is 24.3 Å². The Morgan fingerprint density at radius 1 is 1.25 bits per heavy atom. The Kier molecular flexibility index (Phi) is 3.70. The maximum atomic E-state index is 12.7. The molecule has 0 N–H and O–H groups in total. The summed E-state index contributed by atoms with van der Waals surface area (Å²) >= 11 is 1.48. The van der Waals surface area contributed by atoms with E-state index in [4.69, 9.17) is 4.84 Å². The lowest BCUT2D eigenvalue weighted by Crippen LogP contribution is -2.36. The lowest BCUT2D eigenvalue weighted by atomic mass is 10.1. The van der Waals surface area contributed by atoms with Crippen LogP contribution in [0, 0.1) is 0 Å². The fraction of sp³-hybridized carbons (Fsp3) is 0.176. The number of hydrogen-bond acceptors (Lipinski definition) is 6. The summed E-state index contributed by atoms with van der Waals surface area (Å²) < 4.78 is 1.05. The van der Waals surface area contributed by atoms with Crippen molar-refractivity contribution in [1.29, 1.82) is 0 Å². The fourth-order valence-electron chi connectivity index (χ4n) is 2.54. The smallest absolute Gasteiger partial charge is 0.272 e. The largest absolute Gasteiger partial charge is 0.382 e. The molecule has 3 aromatic rings. The first-order valence-electron chi connectivity index (χ1n) is 7.48. The van der Waals surface area contributed by atoms with Gasteiger partial charge in [0, 0.05) is 31.4 Å². The number of likely N-dealkylation sites (N-methyl/N-ethyl adjacent to an activating group) is 1. The number of anilines is 1. The van der Waals surface area contributed by atoms with E-state index in [1.165, 1.54) is 11.3 Å². The number of oxime groups is 1. The summed E-state index contributed by atoms with van der Waals surface area (Å²) in [6, 6.07) is 11.5. The van der Waals surface area contributed by atoms with Gasteiger partial charge in [-0.25, -0.2) is 4.98 Å². The molecule has 6 nitrogen and oxygen atoms in total. The van der Waals surface area contributed by atoms with Crippen molar-refractivity contribution in [2.24, 2.45) is 5.16 Å². The molecule has 1 atom stereocenters. The number of hydrogen-bond donors (Lipinski definition) is 0. The highest BCUT2D eigenvalue weighted by Crippen LogP contribution is 2.29. The summed E-state index contributed by atoms with van der Waals surface area (Å²) in [4.78, 5) is 28.1. The van der Waals surface area contributed by atoms with Crippen LogP contribution in [-0.4, -0.2) is 34.7 Å². The molecular formula is C17H14N4O2S. The van der Waals surface area contributed by atoms with Crippen molar-refractivity contribution < 1.29 is 9.63 Å². The lowest BCUT2D eigenvalue weighted by Gasteiger charge is -2.16. The standard InChI is InChI=1S/C17H14N4O2S/c1-21(17-19-12-4-2-3-5-15(12)24-17)16(22)14-10-13(20-23-14)11-6-8-18-9-7-11/h2-9,14H,10H2,1H3. The van der Waals surface area contributed by atoms with Gasteiger partial charge >= 0.3 is 0 Å². The second-order valence-electron chi connectivity index (χ2n) is 5.43. The predicted octanol–water partition coefficient (Wildman–Crippen LogP) is 2.85. The van der Waals surface area contributed by atoms with Crippen LogP contribution in [0.2, 0.25) is 0 Å². The minimum absolute atomic E-state index is 0.151. The zero-order valence-electron chi connectivity index (χ0n) is 12.9. The third-order valence-electron chi connectivity index (χ3n) is 3.86. The highest BCUT2D eigenvalue weighted by molar-refractivity contribution is 7.22. The van der Waals surface area contributed by atoms with Crippen LogP contribution in [0.4, 0.5) is 5.13 Å². The molecule has 24 heavy (non-hydrogen) atoms. The number of pyridine rings is 1. The van der Waals surface area contributed by atoms with Gasteiger partial charge in [0.15, 0.2) is 5.13 Å². The molecular weight excluding hydrogens is 324 g/mol. The van der Waals surface area contributed by atoms with Gasteiger partial charge in [-0.1, -0.05) is 28.6 Å². The van der Waals surface area contributed by atoms with Crippen molar-refractivity contribution in [3.05, 3.63) is 54.4 Å². The normalized spacial score (nSPS) is 16.7. The number of para-hydroxylation sites is 1. The van der Waals surface area contributed by atoms with Crippen molar-refractivity contribution in [1.82, 2.24) is 9.97 Å². The van der Waals surface area contributed by atoms with Crippen molar-refractivity contribution in [3.63, 3.8) is 0 Å². The first kappa shape index (κ1) is 14.8. The van der Waals surface area contributed by atoms with Gasteiger partial charge in [0.1, 0.15) is 0 Å². The average Bonchev–Trinajstić information content (AvgIpc) is 3.28. The first-order valence-corrected chi connectivity index (χ1v) is 8.30. The van der Waals surface area contributed by atoms with Gasteiger partial charge in [-0.2, -0.15) is 0 Å². The van der Waals surface area contributed by atoms with E-state index < -0.39 is 6.10 Å². The van der Waals surface area contributed by atoms with Gasteiger partial charge in [-0.3, -0.25) is 14.7 Å². The van der Waals surface area contributed by atoms with E-state index in [1.807, 2.05) is 36.4 Å². The Morgan fingerprint density at radius 2 is 2.04 bits per heavy atom. The van der Waals surface area contributed by atoms with Crippen LogP contribution in [0.1, 0.15) is 12.0 Å². The van der Waals surface area contributed by atoms with E-state index in [0.717, 1.165) is 21.5 Å². The number of nitrogens with zero attached hydrogens (tertiary/aromatic N) is 4. The molecule has 1 aliphatic heterocycles. The highest BCUT2D eigenvalue weighted by atomic mass is 32.1. The van der Waals surface area contributed by atoms with Gasteiger partial charge in [0.25, 0.3) is 5.91 Å². The Labute approximate surface area is 142 Å². The van der Waals surface area contributed by atoms with E-state index in [1.54, 1.807) is 24.3 Å².